The molecule has 0 aromatic heterocycles. The summed E-state index contributed by atoms with van der Waals surface area (Å²) >= 11 is 0. The predicted molar refractivity (Wildman–Crippen MR) is 35.3 cm³/mol. The summed E-state index contributed by atoms with van der Waals surface area (Å²) in [6.45, 7) is 3.06. The van der Waals surface area contributed by atoms with Gasteiger partial charge in [-0.3, -0.25) is 10.1 Å². The summed E-state index contributed by atoms with van der Waals surface area (Å²) in [6, 6.07) is 1.92. The first-order valence-electron chi connectivity index (χ1n) is 2.86. The number of rotatable bonds is 3. The van der Waals surface area contributed by atoms with Crippen LogP contribution in [0.1, 0.15) is 13.8 Å². The van der Waals surface area contributed by atoms with Gasteiger partial charge in [0.05, 0.1) is 12.6 Å². The van der Waals surface area contributed by atoms with E-state index in [1.807, 2.05) is 6.07 Å². The van der Waals surface area contributed by atoms with Crippen LogP contribution in [0.5, 0.6) is 0 Å². The minimum absolute atomic E-state index is 0.180. The van der Waals surface area contributed by atoms with E-state index >= 15 is 0 Å². The molecule has 0 heterocycles. The lowest BCUT2D eigenvalue weighted by Gasteiger charge is -2.14. The minimum Gasteiger partial charge on any atom is -0.480 e. The molecule has 0 amide bonds. The number of carboxylic acids is 1. The molecular formula is C6H10N2O2. The lowest BCUT2D eigenvalue weighted by Crippen LogP contribution is -2.40. The zero-order valence-corrected chi connectivity index (χ0v) is 6.01. The highest BCUT2D eigenvalue weighted by molar-refractivity contribution is 5.69. The van der Waals surface area contributed by atoms with Crippen LogP contribution >= 0.6 is 0 Å². The fourth-order valence-electron chi connectivity index (χ4n) is 0.336. The molecule has 0 radical (unpaired) electrons. The molecule has 10 heavy (non-hydrogen) atoms. The summed E-state index contributed by atoms with van der Waals surface area (Å²) in [5.74, 6) is -0.955. The lowest BCUT2D eigenvalue weighted by atomic mass is 10.1. The van der Waals surface area contributed by atoms with Gasteiger partial charge < -0.3 is 5.11 Å². The van der Waals surface area contributed by atoms with E-state index in [1.165, 1.54) is 0 Å². The van der Waals surface area contributed by atoms with Gasteiger partial charge in [-0.25, -0.2) is 0 Å². The number of nitrogens with one attached hydrogen (secondary N) is 1. The molecule has 0 aliphatic rings. The van der Waals surface area contributed by atoms with E-state index in [9.17, 15) is 4.79 Å². The maximum absolute atomic E-state index is 9.99. The van der Waals surface area contributed by atoms with Gasteiger partial charge in [0, 0.05) is 0 Å². The Kier molecular flexibility index (Phi) is 2.84. The molecule has 0 bridgehead atoms. The Bertz CT molecular complexity index is 169. The molecule has 56 valence electrons. The van der Waals surface area contributed by atoms with E-state index in [-0.39, 0.29) is 6.54 Å². The minimum atomic E-state index is -0.955. The van der Waals surface area contributed by atoms with Crippen molar-refractivity contribution in [1.82, 2.24) is 5.32 Å². The van der Waals surface area contributed by atoms with Crippen LogP contribution < -0.4 is 5.32 Å². The third kappa shape index (κ3) is 3.87. The Labute approximate surface area is 59.5 Å². The van der Waals surface area contributed by atoms with Crippen molar-refractivity contribution in [3.05, 3.63) is 0 Å². The van der Waals surface area contributed by atoms with Crippen LogP contribution in [0.25, 0.3) is 0 Å². The van der Waals surface area contributed by atoms with Crippen LogP contribution in [0.3, 0.4) is 0 Å². The molecule has 0 saturated carbocycles. The Morgan fingerprint density at radius 1 is 1.80 bits per heavy atom. The van der Waals surface area contributed by atoms with Crippen molar-refractivity contribution in [1.29, 1.82) is 5.26 Å². The zero-order valence-electron chi connectivity index (χ0n) is 6.01. The van der Waals surface area contributed by atoms with Crippen molar-refractivity contribution < 1.29 is 9.90 Å². The van der Waals surface area contributed by atoms with E-state index in [0.29, 0.717) is 0 Å². The molecule has 0 atom stereocenters. The molecule has 0 aliphatic carbocycles. The summed E-state index contributed by atoms with van der Waals surface area (Å²) in [6.07, 6.45) is 0. The smallest absolute Gasteiger partial charge is 0.317 e. The van der Waals surface area contributed by atoms with E-state index < -0.39 is 11.5 Å². The van der Waals surface area contributed by atoms with Gasteiger partial charge in [-0.1, -0.05) is 0 Å². The number of carboxylic acid groups (broad SMARTS) is 1. The number of nitrogens with zero attached hydrogens (tertiary/aromatic N) is 1. The third-order valence-electron chi connectivity index (χ3n) is 0.961. The molecule has 2 N–H and O–H groups in total. The maximum Gasteiger partial charge on any atom is 0.317 e. The van der Waals surface area contributed by atoms with Gasteiger partial charge in [0.2, 0.25) is 0 Å². The Balaban J connectivity index is 3.71. The summed E-state index contributed by atoms with van der Waals surface area (Å²) < 4.78 is 0. The van der Waals surface area contributed by atoms with Gasteiger partial charge in [-0.05, 0) is 13.8 Å². The number of carbonyl (C=O) groups is 1. The highest BCUT2D eigenvalue weighted by Gasteiger charge is 2.15. The first-order valence-corrected chi connectivity index (χ1v) is 2.86. The topological polar surface area (TPSA) is 73.1 Å². The molecule has 0 aromatic carbocycles. The van der Waals surface area contributed by atoms with Crippen molar-refractivity contribution >= 4 is 5.97 Å². The molecule has 0 rings (SSSR count). The predicted octanol–water partition coefficient (Wildman–Crippen LogP) is -0.0372. The SMILES string of the molecule is CC(C)(C#N)NCC(=O)O. The summed E-state index contributed by atoms with van der Waals surface area (Å²) in [4.78, 5) is 9.99. The Morgan fingerprint density at radius 2 is 2.30 bits per heavy atom. The molecule has 4 heteroatoms. The van der Waals surface area contributed by atoms with Crippen molar-refractivity contribution in [2.75, 3.05) is 6.54 Å². The van der Waals surface area contributed by atoms with Gasteiger partial charge in [0.25, 0.3) is 0 Å². The van der Waals surface area contributed by atoms with Crippen molar-refractivity contribution in [3.63, 3.8) is 0 Å². The van der Waals surface area contributed by atoms with Gasteiger partial charge >= 0.3 is 5.97 Å². The normalized spacial score (nSPS) is 10.5. The molecular weight excluding hydrogens is 132 g/mol. The van der Waals surface area contributed by atoms with Crippen molar-refractivity contribution in [3.8, 4) is 6.07 Å². The summed E-state index contributed by atoms with van der Waals surface area (Å²) in [5, 5.41) is 19.1. The van der Waals surface area contributed by atoms with Crippen LogP contribution in [-0.4, -0.2) is 23.2 Å². The van der Waals surface area contributed by atoms with Crippen molar-refractivity contribution in [2.24, 2.45) is 0 Å². The third-order valence-corrected chi connectivity index (χ3v) is 0.961. The molecule has 0 saturated heterocycles. The van der Waals surface area contributed by atoms with Crippen LogP contribution in [0.2, 0.25) is 0 Å². The standard InChI is InChI=1S/C6H10N2O2/c1-6(2,4-7)8-3-5(9)10/h8H,3H2,1-2H3,(H,9,10). The molecule has 0 spiro atoms. The highest BCUT2D eigenvalue weighted by atomic mass is 16.4. The largest absolute Gasteiger partial charge is 0.480 e. The maximum atomic E-state index is 9.99. The van der Waals surface area contributed by atoms with Crippen LogP contribution in [0, 0.1) is 11.3 Å². The van der Waals surface area contributed by atoms with Crippen LogP contribution in [0.15, 0.2) is 0 Å². The molecule has 0 fully saturated rings. The molecule has 0 aromatic rings. The second kappa shape index (κ2) is 3.18. The number of hydrogen-bond acceptors (Lipinski definition) is 3. The highest BCUT2D eigenvalue weighted by Crippen LogP contribution is 1.96. The number of aliphatic carboxylic acids is 1. The van der Waals surface area contributed by atoms with Gasteiger partial charge in [-0.15, -0.1) is 0 Å². The van der Waals surface area contributed by atoms with Gasteiger partial charge in [0.15, 0.2) is 0 Å². The summed E-state index contributed by atoms with van der Waals surface area (Å²) in [7, 11) is 0. The van der Waals surface area contributed by atoms with E-state index in [1.54, 1.807) is 13.8 Å². The quantitative estimate of drug-likeness (QED) is 0.580. The molecule has 0 aliphatic heterocycles. The number of hydrogen-bond donors (Lipinski definition) is 2. The monoisotopic (exact) mass is 142 g/mol. The Morgan fingerprint density at radius 3 is 2.60 bits per heavy atom. The first-order chi connectivity index (χ1) is 4.48. The number of nitriles is 1. The fourth-order valence-corrected chi connectivity index (χ4v) is 0.336. The fraction of sp³-hybridized carbons (Fsp3) is 0.667. The average Bonchev–Trinajstić information content (AvgIpc) is 1.85. The van der Waals surface area contributed by atoms with E-state index in [4.69, 9.17) is 10.4 Å². The second-order valence-corrected chi connectivity index (χ2v) is 2.48. The van der Waals surface area contributed by atoms with Crippen LogP contribution in [-0.2, 0) is 4.79 Å². The van der Waals surface area contributed by atoms with E-state index in [0.717, 1.165) is 0 Å². The first kappa shape index (κ1) is 8.92. The lowest BCUT2D eigenvalue weighted by molar-refractivity contribution is -0.136. The zero-order chi connectivity index (χ0) is 8.20. The molecule has 4 nitrogen and oxygen atoms in total. The van der Waals surface area contributed by atoms with Gasteiger partial charge in [-0.2, -0.15) is 5.26 Å². The average molecular weight is 142 g/mol. The second-order valence-electron chi connectivity index (χ2n) is 2.48. The van der Waals surface area contributed by atoms with Crippen molar-refractivity contribution in [2.45, 2.75) is 19.4 Å². The Hall–Kier alpha value is -1.08. The van der Waals surface area contributed by atoms with Crippen LogP contribution in [0.4, 0.5) is 0 Å². The molecule has 0 unspecified atom stereocenters. The van der Waals surface area contributed by atoms with Gasteiger partial charge in [0.1, 0.15) is 5.54 Å². The van der Waals surface area contributed by atoms with E-state index in [2.05, 4.69) is 5.32 Å². The summed E-state index contributed by atoms with van der Waals surface area (Å²) in [5.41, 5.74) is -0.752.